The number of Topliss-reactive ketones (excluding diaryl/α,β-unsaturated/α-hetero) is 1. The molecule has 3 rings (SSSR count). The smallest absolute Gasteiger partial charge is 0.337 e. The van der Waals surface area contributed by atoms with E-state index in [0.29, 0.717) is 52.4 Å². The zero-order valence-electron chi connectivity index (χ0n) is 20.8. The molecule has 8 nitrogen and oxygen atoms in total. The van der Waals surface area contributed by atoms with Crippen LogP contribution in [0.15, 0.2) is 40.7 Å². The lowest BCUT2D eigenvalue weighted by atomic mass is 9.69. The molecule has 8 heteroatoms. The van der Waals surface area contributed by atoms with Crippen LogP contribution in [0.4, 0.5) is 0 Å². The molecule has 1 aromatic rings. The normalized spacial score (nSPS) is 23.0. The first-order valence-corrected chi connectivity index (χ1v) is 11.4. The minimum Gasteiger partial charge on any atom is -0.493 e. The number of para-hydroxylation sites is 1. The topological polar surface area (TPSA) is 100 Å². The number of hydrogen-bond donors (Lipinski definition) is 1. The van der Waals surface area contributed by atoms with Gasteiger partial charge < -0.3 is 24.3 Å². The molecule has 1 aliphatic carbocycles. The molecule has 0 saturated heterocycles. The van der Waals surface area contributed by atoms with Crippen molar-refractivity contribution in [3.05, 3.63) is 46.3 Å². The molecular formula is C26H33NO7. The van der Waals surface area contributed by atoms with Gasteiger partial charge in [-0.3, -0.25) is 9.59 Å². The molecule has 34 heavy (non-hydrogen) atoms. The summed E-state index contributed by atoms with van der Waals surface area (Å²) >= 11 is 0. The molecular weight excluding hydrogens is 438 g/mol. The number of nitrogens with one attached hydrogen (secondary N) is 1. The summed E-state index contributed by atoms with van der Waals surface area (Å²) in [4.78, 5) is 39.8. The Morgan fingerprint density at radius 3 is 2.47 bits per heavy atom. The van der Waals surface area contributed by atoms with Crippen molar-refractivity contribution in [1.29, 1.82) is 0 Å². The van der Waals surface area contributed by atoms with Gasteiger partial charge in [0, 0.05) is 22.5 Å². The fourth-order valence-electron chi connectivity index (χ4n) is 4.73. The Morgan fingerprint density at radius 1 is 1.18 bits per heavy atom. The van der Waals surface area contributed by atoms with Crippen LogP contribution < -0.4 is 14.8 Å². The molecule has 0 radical (unpaired) electrons. The predicted octanol–water partition coefficient (Wildman–Crippen LogP) is 3.66. The summed E-state index contributed by atoms with van der Waals surface area (Å²) in [5, 5.41) is 3.26. The largest absolute Gasteiger partial charge is 0.493 e. The third-order valence-electron chi connectivity index (χ3n) is 6.59. The van der Waals surface area contributed by atoms with Gasteiger partial charge in [-0.15, -0.1) is 0 Å². The van der Waals surface area contributed by atoms with Gasteiger partial charge in [0.05, 0.1) is 38.9 Å². The number of methoxy groups -OCH3 is 3. The van der Waals surface area contributed by atoms with Gasteiger partial charge in [-0.1, -0.05) is 26.0 Å². The molecule has 1 aliphatic heterocycles. The van der Waals surface area contributed by atoms with E-state index < -0.39 is 23.8 Å². The standard InChI is InChI=1S/C26H33NO7/c1-8-14(3)34-26(30)20-15(4)27-17-12-13(2)19(25(29)33-7)23(28)22(17)21(20)16-10-9-11-18(31-5)24(16)32-6/h9-11,13-14,19,21,27H,8,12H2,1-7H3/t13-,14+,19-,21-/m1/s1. The Balaban J connectivity index is 2.26. The Kier molecular flexibility index (Phi) is 7.69. The van der Waals surface area contributed by atoms with E-state index in [4.69, 9.17) is 18.9 Å². The Labute approximate surface area is 200 Å². The molecule has 0 spiro atoms. The number of ether oxygens (including phenoxy) is 4. The fourth-order valence-corrected chi connectivity index (χ4v) is 4.73. The molecule has 0 aromatic heterocycles. The molecule has 1 N–H and O–H groups in total. The number of allylic oxidation sites excluding steroid dienone is 3. The molecule has 0 amide bonds. The zero-order chi connectivity index (χ0) is 25.2. The first kappa shape index (κ1) is 25.3. The molecule has 2 aliphatic rings. The molecule has 0 saturated carbocycles. The van der Waals surface area contributed by atoms with Gasteiger partial charge in [-0.25, -0.2) is 4.79 Å². The number of benzene rings is 1. The van der Waals surface area contributed by atoms with E-state index in [1.54, 1.807) is 25.1 Å². The van der Waals surface area contributed by atoms with E-state index in [2.05, 4.69) is 5.32 Å². The fraction of sp³-hybridized carbons (Fsp3) is 0.500. The summed E-state index contributed by atoms with van der Waals surface area (Å²) in [6.07, 6.45) is 0.795. The molecule has 184 valence electrons. The number of carbonyl (C=O) groups excluding carboxylic acids is 3. The van der Waals surface area contributed by atoms with Gasteiger partial charge >= 0.3 is 11.9 Å². The molecule has 0 bridgehead atoms. The summed E-state index contributed by atoms with van der Waals surface area (Å²) in [6, 6.07) is 5.32. The monoisotopic (exact) mass is 471 g/mol. The minimum atomic E-state index is -0.963. The summed E-state index contributed by atoms with van der Waals surface area (Å²) in [5.74, 6) is -2.64. The van der Waals surface area contributed by atoms with Gasteiger partial charge in [0.25, 0.3) is 0 Å². The van der Waals surface area contributed by atoms with Gasteiger partial charge in [0.2, 0.25) is 0 Å². The average Bonchev–Trinajstić information content (AvgIpc) is 2.81. The van der Waals surface area contributed by atoms with Crippen molar-refractivity contribution in [1.82, 2.24) is 5.32 Å². The van der Waals surface area contributed by atoms with Crippen molar-refractivity contribution < 1.29 is 33.3 Å². The number of esters is 2. The highest BCUT2D eigenvalue weighted by molar-refractivity contribution is 6.12. The maximum absolute atomic E-state index is 13.8. The first-order chi connectivity index (χ1) is 16.2. The highest BCUT2D eigenvalue weighted by Gasteiger charge is 2.48. The summed E-state index contributed by atoms with van der Waals surface area (Å²) in [5.41, 5.74) is 2.51. The van der Waals surface area contributed by atoms with Crippen LogP contribution in [0.2, 0.25) is 0 Å². The number of hydrogen-bond acceptors (Lipinski definition) is 8. The van der Waals surface area contributed by atoms with Crippen LogP contribution in [0.5, 0.6) is 11.5 Å². The van der Waals surface area contributed by atoms with E-state index in [1.165, 1.54) is 21.3 Å². The van der Waals surface area contributed by atoms with Crippen molar-refractivity contribution in [2.75, 3.05) is 21.3 Å². The van der Waals surface area contributed by atoms with E-state index in [9.17, 15) is 14.4 Å². The molecule has 1 heterocycles. The van der Waals surface area contributed by atoms with Crippen LogP contribution in [0, 0.1) is 11.8 Å². The van der Waals surface area contributed by atoms with Crippen LogP contribution in [-0.4, -0.2) is 45.2 Å². The van der Waals surface area contributed by atoms with Gasteiger partial charge in [-0.2, -0.15) is 0 Å². The lowest BCUT2D eigenvalue weighted by Gasteiger charge is -2.38. The van der Waals surface area contributed by atoms with E-state index >= 15 is 0 Å². The lowest BCUT2D eigenvalue weighted by molar-refractivity contribution is -0.151. The molecule has 0 fully saturated rings. The van der Waals surface area contributed by atoms with Gasteiger partial charge in [-0.05, 0) is 38.7 Å². The van der Waals surface area contributed by atoms with Crippen LogP contribution >= 0.6 is 0 Å². The maximum Gasteiger partial charge on any atom is 0.337 e. The summed E-state index contributed by atoms with van der Waals surface area (Å²) in [7, 11) is 4.30. The van der Waals surface area contributed by atoms with Gasteiger partial charge in [0.1, 0.15) is 5.92 Å². The predicted molar refractivity (Wildman–Crippen MR) is 125 cm³/mol. The van der Waals surface area contributed by atoms with E-state index in [1.807, 2.05) is 20.8 Å². The lowest BCUT2D eigenvalue weighted by Crippen LogP contribution is -2.43. The van der Waals surface area contributed by atoms with Crippen LogP contribution in [-0.2, 0) is 23.9 Å². The number of rotatable bonds is 7. The second kappa shape index (κ2) is 10.3. The van der Waals surface area contributed by atoms with Crippen LogP contribution in [0.1, 0.15) is 52.0 Å². The average molecular weight is 472 g/mol. The second-order valence-electron chi connectivity index (χ2n) is 8.74. The maximum atomic E-state index is 13.8. The van der Waals surface area contributed by atoms with Crippen molar-refractivity contribution in [3.63, 3.8) is 0 Å². The number of carbonyl (C=O) groups is 3. The molecule has 4 atom stereocenters. The SMILES string of the molecule is CC[C@H](C)OC(=O)C1=C(C)NC2=C(C(=O)[C@H](C(=O)OC)[C@H](C)C2)[C@@H]1c1cccc(OC)c1OC. The Morgan fingerprint density at radius 2 is 1.88 bits per heavy atom. The Bertz CT molecular complexity index is 1060. The summed E-state index contributed by atoms with van der Waals surface area (Å²) in [6.45, 7) is 7.38. The summed E-state index contributed by atoms with van der Waals surface area (Å²) < 4.78 is 21.8. The van der Waals surface area contributed by atoms with E-state index in [0.717, 1.165) is 0 Å². The Hall–Kier alpha value is -3.29. The number of dihydropyridines is 1. The number of ketones is 1. The van der Waals surface area contributed by atoms with Crippen molar-refractivity contribution in [2.24, 2.45) is 11.8 Å². The highest BCUT2D eigenvalue weighted by atomic mass is 16.5. The first-order valence-electron chi connectivity index (χ1n) is 11.4. The second-order valence-corrected chi connectivity index (χ2v) is 8.74. The molecule has 0 unspecified atom stereocenters. The van der Waals surface area contributed by atoms with Crippen molar-refractivity contribution >= 4 is 17.7 Å². The third kappa shape index (κ3) is 4.41. The zero-order valence-corrected chi connectivity index (χ0v) is 20.8. The minimum absolute atomic E-state index is 0.263. The van der Waals surface area contributed by atoms with Crippen LogP contribution in [0.3, 0.4) is 0 Å². The quantitative estimate of drug-likeness (QED) is 0.475. The van der Waals surface area contributed by atoms with Crippen molar-refractivity contribution in [2.45, 2.75) is 52.6 Å². The third-order valence-corrected chi connectivity index (χ3v) is 6.59. The van der Waals surface area contributed by atoms with Crippen LogP contribution in [0.25, 0.3) is 0 Å². The highest BCUT2D eigenvalue weighted by Crippen LogP contribution is 2.49. The van der Waals surface area contributed by atoms with Crippen molar-refractivity contribution in [3.8, 4) is 11.5 Å². The van der Waals surface area contributed by atoms with E-state index in [-0.39, 0.29) is 17.8 Å². The van der Waals surface area contributed by atoms with Gasteiger partial charge in [0.15, 0.2) is 17.3 Å². The molecule has 1 aromatic carbocycles.